The highest BCUT2D eigenvalue weighted by Crippen LogP contribution is 2.20. The maximum atomic E-state index is 12.6. The summed E-state index contributed by atoms with van der Waals surface area (Å²) in [6.07, 6.45) is 0. The van der Waals surface area contributed by atoms with Gasteiger partial charge < -0.3 is 5.32 Å². The first-order valence-corrected chi connectivity index (χ1v) is 7.85. The van der Waals surface area contributed by atoms with Crippen LogP contribution >= 0.6 is 11.6 Å². The van der Waals surface area contributed by atoms with Crippen LogP contribution in [-0.4, -0.2) is 15.5 Å². The van der Waals surface area contributed by atoms with Crippen LogP contribution in [0.5, 0.6) is 0 Å². The molecule has 3 rings (SSSR count). The third-order valence-corrected chi connectivity index (χ3v) is 4.06. The summed E-state index contributed by atoms with van der Waals surface area (Å²) in [5.41, 5.74) is 1.93. The van der Waals surface area contributed by atoms with E-state index in [1.165, 1.54) is 4.57 Å². The number of hydrogen-bond donors (Lipinski definition) is 1. The Balaban J connectivity index is 1.91. The summed E-state index contributed by atoms with van der Waals surface area (Å²) in [5, 5.41) is 3.82. The molecule has 0 radical (unpaired) electrons. The van der Waals surface area contributed by atoms with Gasteiger partial charge in [0.1, 0.15) is 12.4 Å². The highest BCUT2D eigenvalue weighted by molar-refractivity contribution is 6.31. The Morgan fingerprint density at radius 1 is 1.21 bits per heavy atom. The predicted molar refractivity (Wildman–Crippen MR) is 95.6 cm³/mol. The van der Waals surface area contributed by atoms with E-state index in [1.54, 1.807) is 37.3 Å². The zero-order chi connectivity index (χ0) is 17.3. The van der Waals surface area contributed by atoms with Crippen LogP contribution in [0.1, 0.15) is 11.4 Å². The maximum absolute atomic E-state index is 12.6. The van der Waals surface area contributed by atoms with Gasteiger partial charge in [0.15, 0.2) is 0 Å². The van der Waals surface area contributed by atoms with Crippen molar-refractivity contribution in [2.45, 2.75) is 20.4 Å². The topological polar surface area (TPSA) is 64.0 Å². The van der Waals surface area contributed by atoms with Gasteiger partial charge in [-0.15, -0.1) is 0 Å². The molecular formula is C18H16ClN3O2. The van der Waals surface area contributed by atoms with Crippen molar-refractivity contribution < 1.29 is 4.79 Å². The van der Waals surface area contributed by atoms with Gasteiger partial charge in [-0.05, 0) is 43.7 Å². The van der Waals surface area contributed by atoms with Crippen molar-refractivity contribution in [2.75, 3.05) is 5.32 Å². The first-order chi connectivity index (χ1) is 11.5. The van der Waals surface area contributed by atoms with Crippen LogP contribution in [-0.2, 0) is 11.3 Å². The molecule has 6 heteroatoms. The van der Waals surface area contributed by atoms with E-state index >= 15 is 0 Å². The second-order valence-electron chi connectivity index (χ2n) is 5.57. The Kier molecular flexibility index (Phi) is 4.36. The summed E-state index contributed by atoms with van der Waals surface area (Å²) in [5.74, 6) is 0.194. The van der Waals surface area contributed by atoms with Crippen LogP contribution in [0.4, 0.5) is 5.69 Å². The monoisotopic (exact) mass is 341 g/mol. The highest BCUT2D eigenvalue weighted by Gasteiger charge is 2.12. The molecule has 0 bridgehead atoms. The van der Waals surface area contributed by atoms with Crippen LogP contribution < -0.4 is 10.9 Å². The molecule has 0 spiro atoms. The summed E-state index contributed by atoms with van der Waals surface area (Å²) < 4.78 is 1.37. The molecule has 1 amide bonds. The van der Waals surface area contributed by atoms with Crippen molar-refractivity contribution in [1.29, 1.82) is 0 Å². The first kappa shape index (κ1) is 16.2. The number of benzene rings is 2. The second-order valence-corrected chi connectivity index (χ2v) is 6.01. The average Bonchev–Trinajstić information content (AvgIpc) is 2.55. The van der Waals surface area contributed by atoms with Crippen molar-refractivity contribution in [3.8, 4) is 0 Å². The van der Waals surface area contributed by atoms with Gasteiger partial charge in [0.2, 0.25) is 5.91 Å². The zero-order valence-corrected chi connectivity index (χ0v) is 14.1. The molecule has 0 saturated heterocycles. The fourth-order valence-corrected chi connectivity index (χ4v) is 2.70. The number of para-hydroxylation sites is 1. The number of hydrogen-bond acceptors (Lipinski definition) is 3. The van der Waals surface area contributed by atoms with Gasteiger partial charge in [0.05, 0.1) is 10.9 Å². The maximum Gasteiger partial charge on any atom is 0.261 e. The molecule has 5 nitrogen and oxygen atoms in total. The standard InChI is InChI=1S/C18H16ClN3O2/c1-11-7-8-13(19)9-16(11)21-17(23)10-22-12(2)20-15-6-4-3-5-14(15)18(22)24/h3-9H,10H2,1-2H3,(H,21,23). The van der Waals surface area contributed by atoms with Crippen molar-refractivity contribution in [2.24, 2.45) is 0 Å². The molecule has 0 unspecified atom stereocenters. The van der Waals surface area contributed by atoms with E-state index in [-0.39, 0.29) is 18.0 Å². The number of halogens is 1. The molecule has 24 heavy (non-hydrogen) atoms. The molecule has 0 saturated carbocycles. The predicted octanol–water partition coefficient (Wildman–Crippen LogP) is 3.31. The molecule has 0 fully saturated rings. The fourth-order valence-electron chi connectivity index (χ4n) is 2.53. The average molecular weight is 342 g/mol. The van der Waals surface area contributed by atoms with Crippen LogP contribution in [0.15, 0.2) is 47.3 Å². The minimum absolute atomic E-state index is 0.103. The lowest BCUT2D eigenvalue weighted by Crippen LogP contribution is -2.30. The zero-order valence-electron chi connectivity index (χ0n) is 13.3. The molecule has 0 aliphatic rings. The highest BCUT2D eigenvalue weighted by atomic mass is 35.5. The summed E-state index contributed by atoms with van der Waals surface area (Å²) in [6, 6.07) is 12.4. The van der Waals surface area contributed by atoms with Crippen LogP contribution in [0.3, 0.4) is 0 Å². The van der Waals surface area contributed by atoms with Crippen molar-refractivity contribution >= 4 is 34.1 Å². The number of fused-ring (bicyclic) bond motifs is 1. The van der Waals surface area contributed by atoms with Gasteiger partial charge in [-0.3, -0.25) is 14.2 Å². The van der Waals surface area contributed by atoms with Crippen LogP contribution in [0, 0.1) is 13.8 Å². The summed E-state index contributed by atoms with van der Waals surface area (Å²) >= 11 is 5.96. The van der Waals surface area contributed by atoms with Gasteiger partial charge >= 0.3 is 0 Å². The third kappa shape index (κ3) is 3.16. The number of rotatable bonds is 3. The van der Waals surface area contributed by atoms with E-state index in [0.29, 0.717) is 27.4 Å². The van der Waals surface area contributed by atoms with E-state index in [9.17, 15) is 9.59 Å². The van der Waals surface area contributed by atoms with Gasteiger partial charge in [-0.25, -0.2) is 4.98 Å². The van der Waals surface area contributed by atoms with Crippen LogP contribution in [0.2, 0.25) is 5.02 Å². The minimum Gasteiger partial charge on any atom is -0.324 e. The molecule has 0 aliphatic carbocycles. The number of nitrogens with zero attached hydrogens (tertiary/aromatic N) is 2. The van der Waals surface area contributed by atoms with E-state index in [0.717, 1.165) is 5.56 Å². The Morgan fingerprint density at radius 2 is 1.96 bits per heavy atom. The molecule has 0 atom stereocenters. The van der Waals surface area contributed by atoms with Gasteiger partial charge in [-0.1, -0.05) is 29.8 Å². The second kappa shape index (κ2) is 6.45. The number of anilines is 1. The molecule has 2 aromatic carbocycles. The fraction of sp³-hybridized carbons (Fsp3) is 0.167. The number of carbonyl (C=O) groups is 1. The molecule has 0 aliphatic heterocycles. The Morgan fingerprint density at radius 3 is 2.75 bits per heavy atom. The largest absolute Gasteiger partial charge is 0.324 e. The Bertz CT molecular complexity index is 995. The molecule has 1 heterocycles. The Labute approximate surface area is 143 Å². The summed E-state index contributed by atoms with van der Waals surface area (Å²) in [7, 11) is 0. The van der Waals surface area contributed by atoms with Crippen molar-refractivity contribution in [1.82, 2.24) is 9.55 Å². The van der Waals surface area contributed by atoms with Gasteiger partial charge in [0, 0.05) is 10.7 Å². The molecule has 1 aromatic heterocycles. The lowest BCUT2D eigenvalue weighted by Gasteiger charge is -2.12. The number of nitrogens with one attached hydrogen (secondary N) is 1. The van der Waals surface area contributed by atoms with E-state index in [4.69, 9.17) is 11.6 Å². The Hall–Kier alpha value is -2.66. The number of carbonyl (C=O) groups excluding carboxylic acids is 1. The number of aryl methyl sites for hydroxylation is 2. The molecular weight excluding hydrogens is 326 g/mol. The lowest BCUT2D eigenvalue weighted by atomic mass is 10.2. The first-order valence-electron chi connectivity index (χ1n) is 7.48. The molecule has 1 N–H and O–H groups in total. The quantitative estimate of drug-likeness (QED) is 0.795. The van der Waals surface area contributed by atoms with E-state index in [2.05, 4.69) is 10.3 Å². The smallest absolute Gasteiger partial charge is 0.261 e. The van der Waals surface area contributed by atoms with Crippen LogP contribution in [0.25, 0.3) is 10.9 Å². The summed E-state index contributed by atoms with van der Waals surface area (Å²) in [6.45, 7) is 3.49. The van der Waals surface area contributed by atoms with Crippen molar-refractivity contribution in [3.63, 3.8) is 0 Å². The van der Waals surface area contributed by atoms with E-state index < -0.39 is 0 Å². The number of aromatic nitrogens is 2. The van der Waals surface area contributed by atoms with Gasteiger partial charge in [-0.2, -0.15) is 0 Å². The lowest BCUT2D eigenvalue weighted by molar-refractivity contribution is -0.116. The van der Waals surface area contributed by atoms with E-state index in [1.807, 2.05) is 19.1 Å². The number of amides is 1. The van der Waals surface area contributed by atoms with Crippen molar-refractivity contribution in [3.05, 3.63) is 69.2 Å². The third-order valence-electron chi connectivity index (χ3n) is 3.83. The molecule has 3 aromatic rings. The minimum atomic E-state index is -0.303. The SMILES string of the molecule is Cc1ccc(Cl)cc1NC(=O)Cn1c(C)nc2ccccc2c1=O. The summed E-state index contributed by atoms with van der Waals surface area (Å²) in [4.78, 5) is 29.3. The normalized spacial score (nSPS) is 10.8. The van der Waals surface area contributed by atoms with Gasteiger partial charge in [0.25, 0.3) is 5.56 Å². The molecule has 122 valence electrons.